The molecule has 2 nitrogen and oxygen atoms in total. The predicted octanol–water partition coefficient (Wildman–Crippen LogP) is 3.65. The van der Waals surface area contributed by atoms with Crippen molar-refractivity contribution in [1.29, 1.82) is 0 Å². The van der Waals surface area contributed by atoms with Crippen molar-refractivity contribution >= 4 is 41.6 Å². The second kappa shape index (κ2) is 5.26. The van der Waals surface area contributed by atoms with Gasteiger partial charge in [-0.05, 0) is 50.5 Å². The molecule has 23 heavy (non-hydrogen) atoms. The molecule has 1 aromatic carbocycles. The Bertz CT molecular complexity index is 684. The summed E-state index contributed by atoms with van der Waals surface area (Å²) in [6.45, 7) is 4.84. The van der Waals surface area contributed by atoms with Crippen LogP contribution in [0.4, 0.5) is 0 Å². The molecule has 4 rings (SSSR count). The van der Waals surface area contributed by atoms with E-state index in [2.05, 4.69) is 72.1 Å². The first-order chi connectivity index (χ1) is 10.9. The SMILES string of the molecule is C[Si](C)(c1ccccc1)[C@H]1C[C@@H]2C(I)=CC3CCC(=O)[C@]2(O)C31. The molecule has 3 aliphatic carbocycles. The van der Waals surface area contributed by atoms with E-state index in [1.54, 1.807) is 0 Å². The quantitative estimate of drug-likeness (QED) is 0.566. The number of rotatable bonds is 2. The third-order valence-corrected chi connectivity index (χ3v) is 12.1. The molecular weight excluding hydrogens is 415 g/mol. The van der Waals surface area contributed by atoms with Crippen LogP contribution in [0.5, 0.6) is 0 Å². The van der Waals surface area contributed by atoms with Crippen molar-refractivity contribution in [3.63, 3.8) is 0 Å². The maximum absolute atomic E-state index is 12.7. The van der Waals surface area contributed by atoms with Gasteiger partial charge >= 0.3 is 0 Å². The molecule has 4 heteroatoms. The van der Waals surface area contributed by atoms with Crippen LogP contribution in [-0.2, 0) is 4.79 Å². The molecule has 0 spiro atoms. The van der Waals surface area contributed by atoms with E-state index in [4.69, 9.17) is 0 Å². The number of carbonyl (C=O) groups is 1. The molecule has 2 fully saturated rings. The third-order valence-electron chi connectivity index (χ3n) is 6.73. The van der Waals surface area contributed by atoms with E-state index in [0.717, 1.165) is 12.8 Å². The molecule has 0 heterocycles. The lowest BCUT2D eigenvalue weighted by molar-refractivity contribution is -0.152. The Labute approximate surface area is 152 Å². The lowest BCUT2D eigenvalue weighted by Crippen LogP contribution is -2.58. The molecule has 0 aromatic heterocycles. The van der Waals surface area contributed by atoms with Crippen LogP contribution in [0.15, 0.2) is 40.0 Å². The second-order valence-electron chi connectivity index (χ2n) is 8.01. The van der Waals surface area contributed by atoms with E-state index in [1.807, 2.05) is 0 Å². The van der Waals surface area contributed by atoms with Crippen molar-refractivity contribution in [2.24, 2.45) is 17.8 Å². The predicted molar refractivity (Wildman–Crippen MR) is 104 cm³/mol. The van der Waals surface area contributed by atoms with Gasteiger partial charge in [0.1, 0.15) is 5.60 Å². The Morgan fingerprint density at radius 3 is 2.65 bits per heavy atom. The Morgan fingerprint density at radius 2 is 1.96 bits per heavy atom. The molecule has 0 radical (unpaired) electrons. The largest absolute Gasteiger partial charge is 0.381 e. The monoisotopic (exact) mass is 438 g/mol. The molecule has 0 amide bonds. The summed E-state index contributed by atoms with van der Waals surface area (Å²) < 4.78 is 1.22. The fraction of sp³-hybridized carbons (Fsp3) is 0.526. The number of Topliss-reactive ketones (excluding diaryl/α,β-unsaturated/α-hetero) is 1. The molecule has 0 aliphatic heterocycles. The summed E-state index contributed by atoms with van der Waals surface area (Å²) in [4.78, 5) is 12.7. The van der Waals surface area contributed by atoms with Crippen LogP contribution in [0, 0.1) is 17.8 Å². The number of carbonyl (C=O) groups excluding carboxylic acids is 1. The van der Waals surface area contributed by atoms with Crippen molar-refractivity contribution in [2.75, 3.05) is 0 Å². The highest BCUT2D eigenvalue weighted by Crippen LogP contribution is 2.64. The fourth-order valence-electron chi connectivity index (χ4n) is 5.46. The molecule has 2 unspecified atom stereocenters. The summed E-state index contributed by atoms with van der Waals surface area (Å²) in [6, 6.07) is 10.8. The molecule has 5 atom stereocenters. The molecule has 122 valence electrons. The van der Waals surface area contributed by atoms with E-state index in [0.29, 0.717) is 17.9 Å². The second-order valence-corrected chi connectivity index (χ2v) is 14.0. The molecule has 0 saturated heterocycles. The number of hydrogen-bond acceptors (Lipinski definition) is 2. The Hall–Kier alpha value is -0.463. The summed E-state index contributed by atoms with van der Waals surface area (Å²) >= 11 is 2.37. The van der Waals surface area contributed by atoms with E-state index in [1.165, 1.54) is 8.77 Å². The van der Waals surface area contributed by atoms with Crippen molar-refractivity contribution < 1.29 is 9.90 Å². The molecule has 1 N–H and O–H groups in total. The summed E-state index contributed by atoms with van der Waals surface area (Å²) in [5, 5.41) is 12.9. The maximum Gasteiger partial charge on any atom is 0.165 e. The molecule has 4 bridgehead atoms. The molecule has 2 saturated carbocycles. The fourth-order valence-corrected chi connectivity index (χ4v) is 10.4. The third kappa shape index (κ3) is 2.10. The van der Waals surface area contributed by atoms with Crippen LogP contribution < -0.4 is 5.19 Å². The number of benzene rings is 1. The van der Waals surface area contributed by atoms with Crippen molar-refractivity contribution in [1.82, 2.24) is 0 Å². The highest BCUT2D eigenvalue weighted by atomic mass is 127. The van der Waals surface area contributed by atoms with Gasteiger partial charge in [-0.1, -0.05) is 54.7 Å². The van der Waals surface area contributed by atoms with Crippen LogP contribution in [0.25, 0.3) is 0 Å². The van der Waals surface area contributed by atoms with Gasteiger partial charge in [-0.3, -0.25) is 4.79 Å². The van der Waals surface area contributed by atoms with Gasteiger partial charge in [0.25, 0.3) is 0 Å². The van der Waals surface area contributed by atoms with E-state index < -0.39 is 13.7 Å². The number of aliphatic hydroxyl groups is 1. The first-order valence-electron chi connectivity index (χ1n) is 8.55. The van der Waals surface area contributed by atoms with Gasteiger partial charge in [0.15, 0.2) is 5.78 Å². The summed E-state index contributed by atoms with van der Waals surface area (Å²) in [5.74, 6) is 0.655. The normalized spacial score (nSPS) is 39.3. The first-order valence-corrected chi connectivity index (χ1v) is 12.7. The topological polar surface area (TPSA) is 37.3 Å². The number of ketones is 1. The summed E-state index contributed by atoms with van der Waals surface area (Å²) in [6.07, 6.45) is 4.81. The smallest absolute Gasteiger partial charge is 0.165 e. The van der Waals surface area contributed by atoms with Gasteiger partial charge in [0.2, 0.25) is 0 Å². The summed E-state index contributed by atoms with van der Waals surface area (Å²) in [5.41, 5.74) is -0.615. The van der Waals surface area contributed by atoms with Crippen LogP contribution in [-0.4, -0.2) is 24.6 Å². The van der Waals surface area contributed by atoms with E-state index in [9.17, 15) is 9.90 Å². The van der Waals surface area contributed by atoms with Crippen LogP contribution in [0.2, 0.25) is 18.6 Å². The lowest BCUT2D eigenvalue weighted by Gasteiger charge is -2.48. The maximum atomic E-state index is 12.7. The molecule has 1 aromatic rings. The first kappa shape index (κ1) is 16.0. The lowest BCUT2D eigenvalue weighted by atomic mass is 9.64. The highest BCUT2D eigenvalue weighted by Gasteiger charge is 2.67. The van der Waals surface area contributed by atoms with Crippen molar-refractivity contribution in [3.05, 3.63) is 40.0 Å². The average Bonchev–Trinajstić information content (AvgIpc) is 2.77. The zero-order valence-electron chi connectivity index (χ0n) is 13.6. The molecule has 3 aliphatic rings. The summed E-state index contributed by atoms with van der Waals surface area (Å²) in [7, 11) is -1.75. The van der Waals surface area contributed by atoms with Gasteiger partial charge in [0.05, 0.1) is 8.07 Å². The van der Waals surface area contributed by atoms with Crippen molar-refractivity contribution in [2.45, 2.75) is 43.5 Å². The standard InChI is InChI=1S/C19H23IO2Si/c1-23(2,13-6-4-3-5-7-13)16-11-14-15(20)10-12-8-9-17(21)19(14,22)18(12)16/h3-7,10,12,14,16,18,22H,8-9,11H2,1-2H3/t12?,14-,16+,18?,19+/m1/s1. The number of hydrogen-bond donors (Lipinski definition) is 1. The number of allylic oxidation sites excluding steroid dienone is 1. The minimum atomic E-state index is -1.75. The van der Waals surface area contributed by atoms with Gasteiger partial charge < -0.3 is 5.11 Å². The van der Waals surface area contributed by atoms with Crippen LogP contribution in [0.1, 0.15) is 19.3 Å². The van der Waals surface area contributed by atoms with Gasteiger partial charge in [-0.15, -0.1) is 0 Å². The van der Waals surface area contributed by atoms with Crippen LogP contribution in [0.3, 0.4) is 0 Å². The minimum Gasteiger partial charge on any atom is -0.381 e. The van der Waals surface area contributed by atoms with Gasteiger partial charge in [-0.2, -0.15) is 0 Å². The Balaban J connectivity index is 1.81. The van der Waals surface area contributed by atoms with E-state index in [-0.39, 0.29) is 17.6 Å². The highest BCUT2D eigenvalue weighted by molar-refractivity contribution is 14.1. The Kier molecular flexibility index (Phi) is 3.67. The zero-order chi connectivity index (χ0) is 16.4. The van der Waals surface area contributed by atoms with Crippen molar-refractivity contribution in [3.8, 4) is 0 Å². The molecular formula is C19H23IO2Si. The minimum absolute atomic E-state index is 0.0395. The Morgan fingerprint density at radius 1 is 1.26 bits per heavy atom. The van der Waals surface area contributed by atoms with Gasteiger partial charge in [0, 0.05) is 18.3 Å². The van der Waals surface area contributed by atoms with E-state index >= 15 is 0 Å². The zero-order valence-corrected chi connectivity index (χ0v) is 16.8. The van der Waals surface area contributed by atoms with Crippen LogP contribution >= 0.6 is 22.6 Å². The number of halogens is 1. The van der Waals surface area contributed by atoms with Gasteiger partial charge in [-0.25, -0.2) is 0 Å². The average molecular weight is 438 g/mol.